The van der Waals surface area contributed by atoms with Crippen LogP contribution in [0.15, 0.2) is 16.9 Å². The summed E-state index contributed by atoms with van der Waals surface area (Å²) in [6, 6.07) is 1.80. The van der Waals surface area contributed by atoms with Gasteiger partial charge < -0.3 is 5.11 Å². The van der Waals surface area contributed by atoms with E-state index in [2.05, 4.69) is 20.9 Å². The van der Waals surface area contributed by atoms with E-state index in [1.54, 1.807) is 12.3 Å². The Kier molecular flexibility index (Phi) is 2.82. The first-order valence-electron chi connectivity index (χ1n) is 4.66. The molecule has 0 saturated heterocycles. The molecule has 1 heterocycles. The highest BCUT2D eigenvalue weighted by atomic mass is 79.9. The Morgan fingerprint density at radius 3 is 2.71 bits per heavy atom. The molecule has 2 nitrogen and oxygen atoms in total. The van der Waals surface area contributed by atoms with Gasteiger partial charge in [-0.2, -0.15) is 0 Å². The fraction of sp³-hybridized carbons (Fsp3) is 0.500. The van der Waals surface area contributed by atoms with Gasteiger partial charge >= 0.3 is 0 Å². The molecule has 76 valence electrons. The molecule has 4 heteroatoms. The number of aromatic nitrogens is 1. The van der Waals surface area contributed by atoms with Crippen molar-refractivity contribution >= 4 is 27.5 Å². The molecule has 1 aliphatic carbocycles. The second-order valence-electron chi connectivity index (χ2n) is 3.70. The maximum absolute atomic E-state index is 10.3. The van der Waals surface area contributed by atoms with Crippen molar-refractivity contribution in [3.05, 3.63) is 27.5 Å². The molecule has 1 aromatic heterocycles. The lowest BCUT2D eigenvalue weighted by Crippen LogP contribution is -2.21. The zero-order valence-corrected chi connectivity index (χ0v) is 9.98. The Bertz CT molecular complexity index is 350. The van der Waals surface area contributed by atoms with Crippen molar-refractivity contribution in [2.24, 2.45) is 0 Å². The topological polar surface area (TPSA) is 33.1 Å². The van der Waals surface area contributed by atoms with E-state index in [1.807, 2.05) is 0 Å². The van der Waals surface area contributed by atoms with Crippen molar-refractivity contribution in [3.8, 4) is 0 Å². The number of pyridine rings is 1. The summed E-state index contributed by atoms with van der Waals surface area (Å²) in [5, 5.41) is 10.9. The second kappa shape index (κ2) is 3.80. The number of nitrogens with zero attached hydrogens (tertiary/aromatic N) is 1. The molecule has 1 saturated carbocycles. The lowest BCUT2D eigenvalue weighted by Gasteiger charge is -2.23. The third-order valence-corrected chi connectivity index (χ3v) is 3.99. The summed E-state index contributed by atoms with van der Waals surface area (Å²) in [7, 11) is 0. The van der Waals surface area contributed by atoms with E-state index in [1.165, 1.54) is 0 Å². The SMILES string of the molecule is OC1(c2ccnc(Br)c2Cl)CCCC1. The summed E-state index contributed by atoms with van der Waals surface area (Å²) >= 11 is 9.36. The minimum atomic E-state index is -0.734. The third-order valence-electron chi connectivity index (χ3n) is 2.78. The van der Waals surface area contributed by atoms with Crippen LogP contribution in [0.25, 0.3) is 0 Å². The Morgan fingerprint density at radius 1 is 1.43 bits per heavy atom. The van der Waals surface area contributed by atoms with Crippen LogP contribution >= 0.6 is 27.5 Å². The molecule has 14 heavy (non-hydrogen) atoms. The number of hydrogen-bond acceptors (Lipinski definition) is 2. The molecule has 1 fully saturated rings. The van der Waals surface area contributed by atoms with E-state index < -0.39 is 5.60 Å². The quantitative estimate of drug-likeness (QED) is 0.799. The van der Waals surface area contributed by atoms with Crippen LogP contribution in [0.3, 0.4) is 0 Å². The molecule has 1 aromatic rings. The first-order valence-corrected chi connectivity index (χ1v) is 5.83. The van der Waals surface area contributed by atoms with Crippen LogP contribution in [0.1, 0.15) is 31.2 Å². The molecular formula is C10H11BrClNO. The van der Waals surface area contributed by atoms with Crippen LogP contribution in [0, 0.1) is 0 Å². The molecule has 0 aliphatic heterocycles. The molecule has 0 aromatic carbocycles. The Balaban J connectivity index is 2.45. The fourth-order valence-electron chi connectivity index (χ4n) is 2.01. The summed E-state index contributed by atoms with van der Waals surface area (Å²) in [6.45, 7) is 0. The van der Waals surface area contributed by atoms with Crippen molar-refractivity contribution in [2.75, 3.05) is 0 Å². The van der Waals surface area contributed by atoms with Crippen molar-refractivity contribution in [1.82, 2.24) is 4.98 Å². The van der Waals surface area contributed by atoms with Crippen LogP contribution in [0.4, 0.5) is 0 Å². The first kappa shape index (κ1) is 10.4. The molecule has 0 unspecified atom stereocenters. The van der Waals surface area contributed by atoms with Crippen molar-refractivity contribution < 1.29 is 5.11 Å². The van der Waals surface area contributed by atoms with Crippen LogP contribution in [-0.4, -0.2) is 10.1 Å². The van der Waals surface area contributed by atoms with Crippen LogP contribution in [0.5, 0.6) is 0 Å². The highest BCUT2D eigenvalue weighted by Gasteiger charge is 2.35. The van der Waals surface area contributed by atoms with E-state index in [4.69, 9.17) is 11.6 Å². The van der Waals surface area contributed by atoms with Gasteiger partial charge in [0.05, 0.1) is 10.6 Å². The van der Waals surface area contributed by atoms with Gasteiger partial charge in [0.1, 0.15) is 4.60 Å². The predicted octanol–water partition coefficient (Wildman–Crippen LogP) is 3.26. The highest BCUT2D eigenvalue weighted by molar-refractivity contribution is 9.10. The van der Waals surface area contributed by atoms with Gasteiger partial charge in [0.25, 0.3) is 0 Å². The largest absolute Gasteiger partial charge is 0.385 e. The first-order chi connectivity index (χ1) is 6.63. The highest BCUT2D eigenvalue weighted by Crippen LogP contribution is 2.42. The van der Waals surface area contributed by atoms with Gasteiger partial charge in [0.2, 0.25) is 0 Å². The number of aliphatic hydroxyl groups is 1. The number of halogens is 2. The van der Waals surface area contributed by atoms with Crippen LogP contribution < -0.4 is 0 Å². The lowest BCUT2D eigenvalue weighted by molar-refractivity contribution is 0.0444. The summed E-state index contributed by atoms with van der Waals surface area (Å²) in [6.07, 6.45) is 5.38. The van der Waals surface area contributed by atoms with Gasteiger partial charge in [0, 0.05) is 11.8 Å². The molecule has 0 bridgehead atoms. The van der Waals surface area contributed by atoms with Crippen LogP contribution in [0.2, 0.25) is 5.02 Å². The molecular weight excluding hydrogens is 265 g/mol. The lowest BCUT2D eigenvalue weighted by atomic mass is 9.93. The second-order valence-corrected chi connectivity index (χ2v) is 4.83. The Labute approximate surface area is 96.4 Å². The van der Waals surface area contributed by atoms with Crippen molar-refractivity contribution in [3.63, 3.8) is 0 Å². The molecule has 0 radical (unpaired) electrons. The van der Waals surface area contributed by atoms with Gasteiger partial charge in [-0.05, 0) is 34.8 Å². The standard InChI is InChI=1S/C10H11BrClNO/c11-9-8(12)7(3-6-13-9)10(14)4-1-2-5-10/h3,6,14H,1-2,4-5H2. The smallest absolute Gasteiger partial charge is 0.125 e. The Morgan fingerprint density at radius 2 is 2.07 bits per heavy atom. The fourth-order valence-corrected chi connectivity index (χ4v) is 2.63. The van der Waals surface area contributed by atoms with Gasteiger partial charge in [-0.3, -0.25) is 0 Å². The van der Waals surface area contributed by atoms with Gasteiger partial charge in [-0.1, -0.05) is 24.4 Å². The van der Waals surface area contributed by atoms with Crippen molar-refractivity contribution in [1.29, 1.82) is 0 Å². The number of rotatable bonds is 1. The van der Waals surface area contributed by atoms with E-state index in [0.717, 1.165) is 31.2 Å². The van der Waals surface area contributed by atoms with Crippen LogP contribution in [-0.2, 0) is 5.60 Å². The van der Waals surface area contributed by atoms with Crippen molar-refractivity contribution in [2.45, 2.75) is 31.3 Å². The zero-order valence-electron chi connectivity index (χ0n) is 7.63. The van der Waals surface area contributed by atoms with E-state index in [0.29, 0.717) is 9.63 Å². The van der Waals surface area contributed by atoms with Gasteiger partial charge in [-0.25, -0.2) is 4.98 Å². The minimum Gasteiger partial charge on any atom is -0.385 e. The molecule has 1 aliphatic rings. The molecule has 0 atom stereocenters. The maximum Gasteiger partial charge on any atom is 0.125 e. The molecule has 0 spiro atoms. The zero-order chi connectivity index (χ0) is 10.2. The summed E-state index contributed by atoms with van der Waals surface area (Å²) in [4.78, 5) is 4.02. The monoisotopic (exact) mass is 275 g/mol. The molecule has 0 amide bonds. The average Bonchev–Trinajstić information content (AvgIpc) is 2.58. The summed E-state index contributed by atoms with van der Waals surface area (Å²) in [5.41, 5.74) is 0.0706. The molecule has 1 N–H and O–H groups in total. The number of hydrogen-bond donors (Lipinski definition) is 1. The average molecular weight is 277 g/mol. The van der Waals surface area contributed by atoms with Gasteiger partial charge in [-0.15, -0.1) is 0 Å². The van der Waals surface area contributed by atoms with E-state index >= 15 is 0 Å². The molecule has 2 rings (SSSR count). The van der Waals surface area contributed by atoms with E-state index in [-0.39, 0.29) is 0 Å². The predicted molar refractivity (Wildman–Crippen MR) is 59.3 cm³/mol. The maximum atomic E-state index is 10.3. The third kappa shape index (κ3) is 1.69. The summed E-state index contributed by atoms with van der Waals surface area (Å²) < 4.78 is 0.608. The van der Waals surface area contributed by atoms with E-state index in [9.17, 15) is 5.11 Å². The van der Waals surface area contributed by atoms with Gasteiger partial charge in [0.15, 0.2) is 0 Å². The minimum absolute atomic E-state index is 0.539. The summed E-state index contributed by atoms with van der Waals surface area (Å²) in [5.74, 6) is 0. The normalized spacial score (nSPS) is 19.9. The Hall–Kier alpha value is -0.120.